The summed E-state index contributed by atoms with van der Waals surface area (Å²) < 4.78 is 0. The van der Waals surface area contributed by atoms with E-state index in [4.69, 9.17) is 5.73 Å². The van der Waals surface area contributed by atoms with Gasteiger partial charge in [-0.25, -0.2) is 4.98 Å². The molecule has 3 aromatic rings. The van der Waals surface area contributed by atoms with Crippen LogP contribution < -0.4 is 5.73 Å². The first-order valence-electron chi connectivity index (χ1n) is 7.16. The Morgan fingerprint density at radius 3 is 2.59 bits per heavy atom. The van der Waals surface area contributed by atoms with Crippen LogP contribution in [0.3, 0.4) is 0 Å². The number of thioether (sulfide) groups is 1. The van der Waals surface area contributed by atoms with Crippen molar-refractivity contribution in [1.29, 1.82) is 0 Å². The van der Waals surface area contributed by atoms with E-state index in [0.717, 1.165) is 38.9 Å². The fraction of sp³-hybridized carbons (Fsp3) is 0.167. The van der Waals surface area contributed by atoms with Crippen LogP contribution in [-0.4, -0.2) is 16.2 Å². The minimum atomic E-state index is 0.810. The molecule has 0 unspecified atom stereocenters. The highest BCUT2D eigenvalue weighted by molar-refractivity contribution is 7.98. The summed E-state index contributed by atoms with van der Waals surface area (Å²) in [6.45, 7) is 4.08. The van der Waals surface area contributed by atoms with Crippen LogP contribution in [0.25, 0.3) is 22.5 Å². The summed E-state index contributed by atoms with van der Waals surface area (Å²) in [6, 6.07) is 14.5. The van der Waals surface area contributed by atoms with Gasteiger partial charge in [-0.15, -0.1) is 11.8 Å². The minimum Gasteiger partial charge on any atom is -0.398 e. The maximum atomic E-state index is 6.01. The fourth-order valence-corrected chi connectivity index (χ4v) is 3.12. The van der Waals surface area contributed by atoms with E-state index in [1.165, 1.54) is 5.56 Å². The van der Waals surface area contributed by atoms with E-state index >= 15 is 0 Å². The van der Waals surface area contributed by atoms with Gasteiger partial charge in [0, 0.05) is 21.7 Å². The molecule has 1 heterocycles. The van der Waals surface area contributed by atoms with Gasteiger partial charge in [0.1, 0.15) is 5.82 Å². The first-order chi connectivity index (χ1) is 10.6. The molecular formula is C18H19N3S. The fourth-order valence-electron chi connectivity index (χ4n) is 2.57. The van der Waals surface area contributed by atoms with E-state index in [0.29, 0.717) is 0 Å². The second-order valence-corrected chi connectivity index (χ2v) is 6.22. The molecule has 0 aliphatic rings. The molecule has 0 amide bonds. The van der Waals surface area contributed by atoms with Crippen LogP contribution >= 0.6 is 11.8 Å². The molecule has 3 rings (SSSR count). The SMILES string of the molecule is CSc1cc(-c2[nH]c(C)nc2-c2cccc(C)c2)ccc1N. The van der Waals surface area contributed by atoms with Gasteiger partial charge in [0.15, 0.2) is 0 Å². The highest BCUT2D eigenvalue weighted by Crippen LogP contribution is 2.34. The zero-order valence-corrected chi connectivity index (χ0v) is 13.8. The first kappa shape index (κ1) is 14.7. The van der Waals surface area contributed by atoms with Crippen molar-refractivity contribution < 1.29 is 0 Å². The zero-order chi connectivity index (χ0) is 15.7. The first-order valence-corrected chi connectivity index (χ1v) is 8.38. The van der Waals surface area contributed by atoms with E-state index in [1.807, 2.05) is 25.3 Å². The number of imidazole rings is 1. The summed E-state index contributed by atoms with van der Waals surface area (Å²) in [6.07, 6.45) is 2.04. The van der Waals surface area contributed by atoms with Crippen molar-refractivity contribution in [3.63, 3.8) is 0 Å². The molecule has 0 atom stereocenters. The Labute approximate surface area is 135 Å². The van der Waals surface area contributed by atoms with Crippen LogP contribution in [0.5, 0.6) is 0 Å². The average Bonchev–Trinajstić information content (AvgIpc) is 2.90. The Morgan fingerprint density at radius 2 is 1.86 bits per heavy atom. The van der Waals surface area contributed by atoms with Crippen molar-refractivity contribution >= 4 is 17.4 Å². The second kappa shape index (κ2) is 5.89. The number of nitrogens with one attached hydrogen (secondary N) is 1. The minimum absolute atomic E-state index is 0.810. The molecule has 22 heavy (non-hydrogen) atoms. The maximum absolute atomic E-state index is 6.01. The molecule has 0 radical (unpaired) electrons. The third kappa shape index (κ3) is 2.74. The number of hydrogen-bond acceptors (Lipinski definition) is 3. The van der Waals surface area contributed by atoms with Crippen molar-refractivity contribution in [3.8, 4) is 22.5 Å². The number of aryl methyl sites for hydroxylation is 2. The molecular weight excluding hydrogens is 290 g/mol. The van der Waals surface area contributed by atoms with Crippen molar-refractivity contribution in [2.45, 2.75) is 18.7 Å². The Bertz CT molecular complexity index is 821. The van der Waals surface area contributed by atoms with Crippen LogP contribution in [0, 0.1) is 13.8 Å². The van der Waals surface area contributed by atoms with Gasteiger partial charge in [-0.05, 0) is 38.3 Å². The van der Waals surface area contributed by atoms with Crippen LogP contribution in [-0.2, 0) is 0 Å². The van der Waals surface area contributed by atoms with E-state index in [9.17, 15) is 0 Å². The standard InChI is InChI=1S/C18H19N3S/c1-11-5-4-6-13(9-11)17-18(21-12(2)20-17)14-7-8-15(19)16(10-14)22-3/h4-10H,19H2,1-3H3,(H,20,21). The van der Waals surface area contributed by atoms with Gasteiger partial charge in [0.2, 0.25) is 0 Å². The molecule has 0 fully saturated rings. The third-order valence-corrected chi connectivity index (χ3v) is 4.43. The Morgan fingerprint density at radius 1 is 1.05 bits per heavy atom. The predicted molar refractivity (Wildman–Crippen MR) is 95.1 cm³/mol. The lowest BCUT2D eigenvalue weighted by molar-refractivity contribution is 1.15. The van der Waals surface area contributed by atoms with Crippen molar-refractivity contribution in [3.05, 3.63) is 53.9 Å². The average molecular weight is 309 g/mol. The Balaban J connectivity index is 2.16. The molecule has 0 aliphatic heterocycles. The second-order valence-electron chi connectivity index (χ2n) is 5.37. The summed E-state index contributed by atoms with van der Waals surface area (Å²) in [5, 5.41) is 0. The van der Waals surface area contributed by atoms with Gasteiger partial charge in [0.25, 0.3) is 0 Å². The molecule has 0 spiro atoms. The van der Waals surface area contributed by atoms with Gasteiger partial charge >= 0.3 is 0 Å². The van der Waals surface area contributed by atoms with Gasteiger partial charge in [-0.3, -0.25) is 0 Å². The molecule has 3 nitrogen and oxygen atoms in total. The summed E-state index contributed by atoms with van der Waals surface area (Å²) in [7, 11) is 0. The lowest BCUT2D eigenvalue weighted by Crippen LogP contribution is -1.90. The number of anilines is 1. The largest absolute Gasteiger partial charge is 0.398 e. The molecule has 0 saturated carbocycles. The number of hydrogen-bond donors (Lipinski definition) is 2. The molecule has 0 saturated heterocycles. The topological polar surface area (TPSA) is 54.7 Å². The van der Waals surface area contributed by atoms with E-state index in [2.05, 4.69) is 47.2 Å². The summed E-state index contributed by atoms with van der Waals surface area (Å²) in [5.74, 6) is 0.911. The lowest BCUT2D eigenvalue weighted by Gasteiger charge is -2.08. The molecule has 3 N–H and O–H groups in total. The normalized spacial score (nSPS) is 10.9. The van der Waals surface area contributed by atoms with Crippen molar-refractivity contribution in [2.75, 3.05) is 12.0 Å². The molecule has 0 aliphatic carbocycles. The van der Waals surface area contributed by atoms with E-state index in [-0.39, 0.29) is 0 Å². The summed E-state index contributed by atoms with van der Waals surface area (Å²) in [5.41, 5.74) is 12.3. The predicted octanol–water partition coefficient (Wildman–Crippen LogP) is 4.66. The summed E-state index contributed by atoms with van der Waals surface area (Å²) in [4.78, 5) is 9.15. The quantitative estimate of drug-likeness (QED) is 0.546. The lowest BCUT2D eigenvalue weighted by atomic mass is 10.0. The van der Waals surface area contributed by atoms with Gasteiger partial charge < -0.3 is 10.7 Å². The molecule has 112 valence electrons. The number of aromatic amines is 1. The molecule has 1 aromatic heterocycles. The zero-order valence-electron chi connectivity index (χ0n) is 13.0. The molecule has 2 aromatic carbocycles. The molecule has 0 bridgehead atoms. The monoisotopic (exact) mass is 309 g/mol. The van der Waals surface area contributed by atoms with Gasteiger partial charge in [-0.1, -0.05) is 29.8 Å². The molecule has 4 heteroatoms. The van der Waals surface area contributed by atoms with E-state index < -0.39 is 0 Å². The number of aromatic nitrogens is 2. The van der Waals surface area contributed by atoms with Gasteiger partial charge in [-0.2, -0.15) is 0 Å². The van der Waals surface area contributed by atoms with Gasteiger partial charge in [0.05, 0.1) is 11.4 Å². The Kier molecular flexibility index (Phi) is 3.94. The number of H-pyrrole nitrogens is 1. The van der Waals surface area contributed by atoms with Crippen LogP contribution in [0.2, 0.25) is 0 Å². The number of benzene rings is 2. The summed E-state index contributed by atoms with van der Waals surface area (Å²) >= 11 is 1.66. The Hall–Kier alpha value is -2.20. The van der Waals surface area contributed by atoms with Crippen LogP contribution in [0.4, 0.5) is 5.69 Å². The number of nitrogen functional groups attached to an aromatic ring is 1. The highest BCUT2D eigenvalue weighted by Gasteiger charge is 2.13. The van der Waals surface area contributed by atoms with Crippen LogP contribution in [0.15, 0.2) is 47.4 Å². The van der Waals surface area contributed by atoms with E-state index in [1.54, 1.807) is 11.8 Å². The number of nitrogens with zero attached hydrogens (tertiary/aromatic N) is 1. The van der Waals surface area contributed by atoms with Crippen molar-refractivity contribution in [1.82, 2.24) is 9.97 Å². The highest BCUT2D eigenvalue weighted by atomic mass is 32.2. The van der Waals surface area contributed by atoms with Crippen LogP contribution in [0.1, 0.15) is 11.4 Å². The van der Waals surface area contributed by atoms with Crippen molar-refractivity contribution in [2.24, 2.45) is 0 Å². The number of rotatable bonds is 3. The third-order valence-electron chi connectivity index (χ3n) is 3.64. The maximum Gasteiger partial charge on any atom is 0.104 e. The number of nitrogens with two attached hydrogens (primary N) is 1. The smallest absolute Gasteiger partial charge is 0.104 e.